The molecule has 1 amide bonds. The second-order valence-corrected chi connectivity index (χ2v) is 5.26. The number of alkyl halides is 1. The summed E-state index contributed by atoms with van der Waals surface area (Å²) in [6.45, 7) is 2.40. The predicted molar refractivity (Wildman–Crippen MR) is 67.8 cm³/mol. The normalized spacial score (nSPS) is 17.9. The SMILES string of the molecule is CC(C)(F)C(=O)NC1CCc2ccc(C(=O)O)cc21. The standard InChI is InChI=1S/C14H16FNO3/c1-14(2,15)13(19)16-11-6-5-8-3-4-9(12(17)18)7-10(8)11/h3-4,7,11H,5-6H2,1-2H3,(H,16,19)(H,17,18). The number of nitrogens with one attached hydrogen (secondary N) is 1. The monoisotopic (exact) mass is 265 g/mol. The molecule has 102 valence electrons. The van der Waals surface area contributed by atoms with E-state index in [2.05, 4.69) is 5.32 Å². The number of halogens is 1. The Morgan fingerprint density at radius 2 is 2.11 bits per heavy atom. The molecule has 0 saturated carbocycles. The smallest absolute Gasteiger partial charge is 0.335 e. The van der Waals surface area contributed by atoms with Crippen LogP contribution in [0.15, 0.2) is 18.2 Å². The lowest BCUT2D eigenvalue weighted by atomic mass is 10.0. The van der Waals surface area contributed by atoms with Crippen molar-refractivity contribution in [1.82, 2.24) is 5.32 Å². The Morgan fingerprint density at radius 1 is 1.42 bits per heavy atom. The minimum Gasteiger partial charge on any atom is -0.478 e. The van der Waals surface area contributed by atoms with Crippen LogP contribution in [0.5, 0.6) is 0 Å². The highest BCUT2D eigenvalue weighted by Crippen LogP contribution is 2.32. The van der Waals surface area contributed by atoms with Gasteiger partial charge in [-0.05, 0) is 49.9 Å². The van der Waals surface area contributed by atoms with Gasteiger partial charge in [-0.15, -0.1) is 0 Å². The third-order valence-corrected chi connectivity index (χ3v) is 3.32. The minimum absolute atomic E-state index is 0.180. The highest BCUT2D eigenvalue weighted by Gasteiger charge is 2.31. The number of benzene rings is 1. The van der Waals surface area contributed by atoms with Crippen LogP contribution in [-0.2, 0) is 11.2 Å². The maximum atomic E-state index is 13.5. The van der Waals surface area contributed by atoms with E-state index in [1.807, 2.05) is 0 Å². The molecule has 0 aliphatic heterocycles. The minimum atomic E-state index is -1.94. The summed E-state index contributed by atoms with van der Waals surface area (Å²) in [5.74, 6) is -1.68. The van der Waals surface area contributed by atoms with Crippen LogP contribution in [0, 0.1) is 0 Å². The molecular formula is C14H16FNO3. The number of rotatable bonds is 3. The van der Waals surface area contributed by atoms with Gasteiger partial charge in [0.15, 0.2) is 5.67 Å². The Labute approximate surface area is 110 Å². The van der Waals surface area contributed by atoms with Crippen molar-refractivity contribution >= 4 is 11.9 Å². The number of carboxylic acids is 1. The average Bonchev–Trinajstić information content (AvgIpc) is 2.70. The lowest BCUT2D eigenvalue weighted by molar-refractivity contribution is -0.131. The van der Waals surface area contributed by atoms with E-state index in [0.29, 0.717) is 6.42 Å². The Morgan fingerprint density at radius 3 is 2.68 bits per heavy atom. The van der Waals surface area contributed by atoms with Crippen LogP contribution in [0.3, 0.4) is 0 Å². The molecule has 0 spiro atoms. The van der Waals surface area contributed by atoms with E-state index < -0.39 is 17.5 Å². The summed E-state index contributed by atoms with van der Waals surface area (Å²) < 4.78 is 13.5. The van der Waals surface area contributed by atoms with Crippen molar-refractivity contribution in [3.63, 3.8) is 0 Å². The molecule has 2 rings (SSSR count). The van der Waals surface area contributed by atoms with Gasteiger partial charge in [0.1, 0.15) is 0 Å². The maximum Gasteiger partial charge on any atom is 0.335 e. The van der Waals surface area contributed by atoms with E-state index in [1.165, 1.54) is 13.8 Å². The fraction of sp³-hybridized carbons (Fsp3) is 0.429. The summed E-state index contributed by atoms with van der Waals surface area (Å²) in [7, 11) is 0. The van der Waals surface area contributed by atoms with Crippen molar-refractivity contribution in [3.8, 4) is 0 Å². The number of carbonyl (C=O) groups excluding carboxylic acids is 1. The second-order valence-electron chi connectivity index (χ2n) is 5.26. The molecule has 0 saturated heterocycles. The predicted octanol–water partition coefficient (Wildman–Crippen LogP) is 2.24. The fourth-order valence-corrected chi connectivity index (χ4v) is 2.22. The van der Waals surface area contributed by atoms with Gasteiger partial charge in [-0.1, -0.05) is 6.07 Å². The summed E-state index contributed by atoms with van der Waals surface area (Å²) in [6.07, 6.45) is 1.42. The van der Waals surface area contributed by atoms with Gasteiger partial charge in [-0.3, -0.25) is 4.79 Å². The lowest BCUT2D eigenvalue weighted by Crippen LogP contribution is -2.40. The quantitative estimate of drug-likeness (QED) is 0.880. The number of hydrogen-bond acceptors (Lipinski definition) is 2. The number of carbonyl (C=O) groups is 2. The van der Waals surface area contributed by atoms with Gasteiger partial charge in [0.05, 0.1) is 11.6 Å². The zero-order valence-corrected chi connectivity index (χ0v) is 10.9. The molecule has 1 aromatic rings. The van der Waals surface area contributed by atoms with Crippen molar-refractivity contribution in [3.05, 3.63) is 34.9 Å². The molecule has 0 heterocycles. The van der Waals surface area contributed by atoms with Crippen molar-refractivity contribution in [2.75, 3.05) is 0 Å². The fourth-order valence-electron chi connectivity index (χ4n) is 2.22. The van der Waals surface area contributed by atoms with Gasteiger partial charge in [-0.2, -0.15) is 0 Å². The molecular weight excluding hydrogens is 249 g/mol. The van der Waals surface area contributed by atoms with E-state index in [4.69, 9.17) is 5.11 Å². The van der Waals surface area contributed by atoms with Crippen LogP contribution in [0.4, 0.5) is 4.39 Å². The van der Waals surface area contributed by atoms with Crippen molar-refractivity contribution in [2.45, 2.75) is 38.4 Å². The molecule has 1 aliphatic rings. The van der Waals surface area contributed by atoms with Crippen LogP contribution < -0.4 is 5.32 Å². The second kappa shape index (κ2) is 4.64. The average molecular weight is 265 g/mol. The van der Waals surface area contributed by atoms with E-state index in [1.54, 1.807) is 18.2 Å². The Bertz CT molecular complexity index is 534. The number of aromatic carboxylic acids is 1. The molecule has 5 heteroatoms. The van der Waals surface area contributed by atoms with Gasteiger partial charge < -0.3 is 10.4 Å². The topological polar surface area (TPSA) is 66.4 Å². The van der Waals surface area contributed by atoms with Crippen LogP contribution in [0.25, 0.3) is 0 Å². The van der Waals surface area contributed by atoms with Crippen LogP contribution in [-0.4, -0.2) is 22.7 Å². The number of aryl methyl sites for hydroxylation is 1. The van der Waals surface area contributed by atoms with Crippen molar-refractivity contribution in [1.29, 1.82) is 0 Å². The molecule has 2 N–H and O–H groups in total. The van der Waals surface area contributed by atoms with Crippen molar-refractivity contribution in [2.24, 2.45) is 0 Å². The van der Waals surface area contributed by atoms with Crippen LogP contribution in [0.2, 0.25) is 0 Å². The summed E-state index contributed by atoms with van der Waals surface area (Å²) in [5, 5.41) is 11.6. The Kier molecular flexibility index (Phi) is 3.30. The van der Waals surface area contributed by atoms with E-state index in [0.717, 1.165) is 17.5 Å². The molecule has 0 aromatic heterocycles. The van der Waals surface area contributed by atoms with Crippen molar-refractivity contribution < 1.29 is 19.1 Å². The summed E-state index contributed by atoms with van der Waals surface area (Å²) in [5.41, 5.74) is 0.0246. The third kappa shape index (κ3) is 2.75. The number of carboxylic acid groups (broad SMARTS) is 1. The zero-order chi connectivity index (χ0) is 14.2. The third-order valence-electron chi connectivity index (χ3n) is 3.32. The molecule has 0 radical (unpaired) electrons. The number of fused-ring (bicyclic) bond motifs is 1. The molecule has 1 aromatic carbocycles. The first kappa shape index (κ1) is 13.5. The molecule has 4 nitrogen and oxygen atoms in total. The largest absolute Gasteiger partial charge is 0.478 e. The summed E-state index contributed by atoms with van der Waals surface area (Å²) >= 11 is 0. The molecule has 1 unspecified atom stereocenters. The van der Waals surface area contributed by atoms with E-state index in [-0.39, 0.29) is 11.6 Å². The van der Waals surface area contributed by atoms with E-state index in [9.17, 15) is 14.0 Å². The van der Waals surface area contributed by atoms with Crippen LogP contribution >= 0.6 is 0 Å². The van der Waals surface area contributed by atoms with Gasteiger partial charge in [-0.25, -0.2) is 9.18 Å². The summed E-state index contributed by atoms with van der Waals surface area (Å²) in [6, 6.07) is 4.55. The first-order chi connectivity index (χ1) is 8.79. The lowest BCUT2D eigenvalue weighted by Gasteiger charge is -2.19. The summed E-state index contributed by atoms with van der Waals surface area (Å²) in [4.78, 5) is 22.6. The maximum absolute atomic E-state index is 13.5. The zero-order valence-electron chi connectivity index (χ0n) is 10.9. The number of hydrogen-bond donors (Lipinski definition) is 2. The molecule has 19 heavy (non-hydrogen) atoms. The Balaban J connectivity index is 2.23. The molecule has 1 aliphatic carbocycles. The van der Waals surface area contributed by atoms with E-state index >= 15 is 0 Å². The van der Waals surface area contributed by atoms with Gasteiger partial charge in [0.25, 0.3) is 5.91 Å². The Hall–Kier alpha value is -1.91. The highest BCUT2D eigenvalue weighted by atomic mass is 19.1. The van der Waals surface area contributed by atoms with Gasteiger partial charge in [0.2, 0.25) is 0 Å². The van der Waals surface area contributed by atoms with Gasteiger partial charge in [0, 0.05) is 0 Å². The first-order valence-corrected chi connectivity index (χ1v) is 6.15. The highest BCUT2D eigenvalue weighted by molar-refractivity contribution is 5.88. The number of amides is 1. The van der Waals surface area contributed by atoms with Crippen LogP contribution in [0.1, 0.15) is 47.8 Å². The first-order valence-electron chi connectivity index (χ1n) is 6.15. The molecule has 0 bridgehead atoms. The molecule has 1 atom stereocenters. The molecule has 0 fully saturated rings. The van der Waals surface area contributed by atoms with Gasteiger partial charge >= 0.3 is 5.97 Å².